The number of halogens is 1. The minimum absolute atomic E-state index is 0.251. The lowest BCUT2D eigenvalue weighted by Gasteiger charge is -2.23. The Kier molecular flexibility index (Phi) is 5.22. The van der Waals surface area contributed by atoms with Crippen molar-refractivity contribution in [3.8, 4) is 5.75 Å². The van der Waals surface area contributed by atoms with Gasteiger partial charge >= 0.3 is 0 Å². The van der Waals surface area contributed by atoms with E-state index in [1.165, 1.54) is 12.1 Å². The molecule has 0 amide bonds. The van der Waals surface area contributed by atoms with Crippen LogP contribution in [0.3, 0.4) is 0 Å². The second-order valence-electron chi connectivity index (χ2n) is 3.96. The molecule has 0 saturated heterocycles. The lowest BCUT2D eigenvalue weighted by Crippen LogP contribution is -2.35. The minimum atomic E-state index is -0.251. The van der Waals surface area contributed by atoms with Crippen molar-refractivity contribution in [2.75, 3.05) is 27.2 Å². The first kappa shape index (κ1) is 12.9. The van der Waals surface area contributed by atoms with Crippen molar-refractivity contribution in [2.45, 2.75) is 12.5 Å². The zero-order chi connectivity index (χ0) is 12.0. The van der Waals surface area contributed by atoms with Crippen LogP contribution < -0.4 is 10.5 Å². The summed E-state index contributed by atoms with van der Waals surface area (Å²) in [5.74, 6) is 0.434. The molecule has 0 bridgehead atoms. The molecule has 0 fully saturated rings. The Hall–Kier alpha value is -1.13. The monoisotopic (exact) mass is 226 g/mol. The van der Waals surface area contributed by atoms with E-state index in [1.54, 1.807) is 12.1 Å². The number of nitrogens with zero attached hydrogens (tertiary/aromatic N) is 1. The highest BCUT2D eigenvalue weighted by atomic mass is 19.1. The van der Waals surface area contributed by atoms with Crippen molar-refractivity contribution in [2.24, 2.45) is 5.73 Å². The zero-order valence-corrected chi connectivity index (χ0v) is 9.82. The standard InChI is InChI=1S/C12H19FN2O/c1-15(2)11(7-8-14)9-16-12-5-3-10(13)4-6-12/h3-6,11H,7-9,14H2,1-2H3. The van der Waals surface area contributed by atoms with Gasteiger partial charge in [0.15, 0.2) is 0 Å². The predicted octanol–water partition coefficient (Wildman–Crippen LogP) is 1.48. The SMILES string of the molecule is CN(C)C(CCN)COc1ccc(F)cc1. The molecule has 1 unspecified atom stereocenters. The molecule has 0 radical (unpaired) electrons. The van der Waals surface area contributed by atoms with Crippen LogP contribution in [-0.4, -0.2) is 38.2 Å². The van der Waals surface area contributed by atoms with Crippen LogP contribution in [0.25, 0.3) is 0 Å². The van der Waals surface area contributed by atoms with Crippen molar-refractivity contribution in [1.82, 2.24) is 4.90 Å². The van der Waals surface area contributed by atoms with Crippen molar-refractivity contribution >= 4 is 0 Å². The molecule has 2 N–H and O–H groups in total. The van der Waals surface area contributed by atoms with E-state index in [0.29, 0.717) is 18.9 Å². The maximum absolute atomic E-state index is 12.7. The van der Waals surface area contributed by atoms with Gasteiger partial charge in [0, 0.05) is 6.04 Å². The third-order valence-electron chi connectivity index (χ3n) is 2.49. The van der Waals surface area contributed by atoms with E-state index in [1.807, 2.05) is 14.1 Å². The Labute approximate surface area is 96.0 Å². The molecule has 0 aromatic heterocycles. The average molecular weight is 226 g/mol. The Morgan fingerprint density at radius 3 is 2.44 bits per heavy atom. The summed E-state index contributed by atoms with van der Waals surface area (Å²) in [5.41, 5.74) is 5.52. The van der Waals surface area contributed by atoms with E-state index in [4.69, 9.17) is 10.5 Å². The molecular weight excluding hydrogens is 207 g/mol. The lowest BCUT2D eigenvalue weighted by molar-refractivity contribution is 0.179. The third kappa shape index (κ3) is 4.16. The number of hydrogen-bond donors (Lipinski definition) is 1. The predicted molar refractivity (Wildman–Crippen MR) is 63.0 cm³/mol. The average Bonchev–Trinajstić information content (AvgIpc) is 2.26. The van der Waals surface area contributed by atoms with Gasteiger partial charge in [0.2, 0.25) is 0 Å². The van der Waals surface area contributed by atoms with Gasteiger partial charge < -0.3 is 15.4 Å². The Morgan fingerprint density at radius 2 is 1.94 bits per heavy atom. The minimum Gasteiger partial charge on any atom is -0.492 e. The summed E-state index contributed by atoms with van der Waals surface area (Å²) in [6.45, 7) is 1.20. The molecule has 0 saturated carbocycles. The molecule has 1 aromatic rings. The van der Waals surface area contributed by atoms with Gasteiger partial charge in [-0.25, -0.2) is 4.39 Å². The van der Waals surface area contributed by atoms with E-state index < -0.39 is 0 Å². The van der Waals surface area contributed by atoms with Crippen LogP contribution in [-0.2, 0) is 0 Å². The van der Waals surface area contributed by atoms with E-state index in [-0.39, 0.29) is 11.9 Å². The van der Waals surface area contributed by atoms with E-state index in [9.17, 15) is 4.39 Å². The van der Waals surface area contributed by atoms with Gasteiger partial charge in [-0.2, -0.15) is 0 Å². The molecule has 1 rings (SSSR count). The maximum atomic E-state index is 12.7. The van der Waals surface area contributed by atoms with Gasteiger partial charge in [0.05, 0.1) is 0 Å². The van der Waals surface area contributed by atoms with Gasteiger partial charge in [-0.15, -0.1) is 0 Å². The van der Waals surface area contributed by atoms with Crippen LogP contribution in [0.2, 0.25) is 0 Å². The molecule has 0 aliphatic heterocycles. The summed E-state index contributed by atoms with van der Waals surface area (Å²) < 4.78 is 18.2. The highest BCUT2D eigenvalue weighted by molar-refractivity contribution is 5.22. The van der Waals surface area contributed by atoms with Crippen molar-refractivity contribution in [3.05, 3.63) is 30.1 Å². The van der Waals surface area contributed by atoms with E-state index >= 15 is 0 Å². The highest BCUT2D eigenvalue weighted by Gasteiger charge is 2.10. The zero-order valence-electron chi connectivity index (χ0n) is 9.82. The van der Waals surface area contributed by atoms with Gasteiger partial charge in [0.25, 0.3) is 0 Å². The van der Waals surface area contributed by atoms with Crippen LogP contribution in [0.4, 0.5) is 4.39 Å². The molecule has 1 aromatic carbocycles. The first-order valence-electron chi connectivity index (χ1n) is 5.38. The number of nitrogens with two attached hydrogens (primary N) is 1. The number of benzene rings is 1. The van der Waals surface area contributed by atoms with Crippen LogP contribution >= 0.6 is 0 Å². The highest BCUT2D eigenvalue weighted by Crippen LogP contribution is 2.12. The molecule has 1 atom stereocenters. The fourth-order valence-electron chi connectivity index (χ4n) is 1.41. The van der Waals surface area contributed by atoms with Gasteiger partial charge in [-0.1, -0.05) is 0 Å². The topological polar surface area (TPSA) is 38.5 Å². The third-order valence-corrected chi connectivity index (χ3v) is 2.49. The van der Waals surface area contributed by atoms with E-state index in [2.05, 4.69) is 4.90 Å². The molecule has 0 aliphatic carbocycles. The molecule has 0 aliphatic rings. The second kappa shape index (κ2) is 6.45. The summed E-state index contributed by atoms with van der Waals surface area (Å²) in [5, 5.41) is 0. The maximum Gasteiger partial charge on any atom is 0.123 e. The summed E-state index contributed by atoms with van der Waals surface area (Å²) in [7, 11) is 3.99. The van der Waals surface area contributed by atoms with Crippen molar-refractivity contribution in [1.29, 1.82) is 0 Å². The first-order valence-corrected chi connectivity index (χ1v) is 5.38. The van der Waals surface area contributed by atoms with Crippen molar-refractivity contribution in [3.63, 3.8) is 0 Å². The molecule has 0 heterocycles. The van der Waals surface area contributed by atoms with Gasteiger partial charge in [-0.05, 0) is 51.3 Å². The molecular formula is C12H19FN2O. The lowest BCUT2D eigenvalue weighted by atomic mass is 10.2. The summed E-state index contributed by atoms with van der Waals surface area (Å²) in [4.78, 5) is 2.08. The Balaban J connectivity index is 2.45. The Morgan fingerprint density at radius 1 is 1.31 bits per heavy atom. The smallest absolute Gasteiger partial charge is 0.123 e. The van der Waals surface area contributed by atoms with Crippen LogP contribution in [0.15, 0.2) is 24.3 Å². The fraction of sp³-hybridized carbons (Fsp3) is 0.500. The molecule has 4 heteroatoms. The number of rotatable bonds is 6. The number of likely N-dealkylation sites (N-methyl/N-ethyl adjacent to an activating group) is 1. The normalized spacial score (nSPS) is 12.8. The van der Waals surface area contributed by atoms with Crippen LogP contribution in [0, 0.1) is 5.82 Å². The summed E-state index contributed by atoms with van der Waals surface area (Å²) in [6, 6.07) is 6.33. The summed E-state index contributed by atoms with van der Waals surface area (Å²) in [6.07, 6.45) is 0.883. The van der Waals surface area contributed by atoms with E-state index in [0.717, 1.165) is 6.42 Å². The molecule has 16 heavy (non-hydrogen) atoms. The van der Waals surface area contributed by atoms with Crippen LogP contribution in [0.5, 0.6) is 5.75 Å². The van der Waals surface area contributed by atoms with Crippen molar-refractivity contribution < 1.29 is 9.13 Å². The van der Waals surface area contributed by atoms with Gasteiger partial charge in [-0.3, -0.25) is 0 Å². The fourth-order valence-corrected chi connectivity index (χ4v) is 1.41. The summed E-state index contributed by atoms with van der Waals surface area (Å²) >= 11 is 0. The molecule has 0 spiro atoms. The van der Waals surface area contributed by atoms with Gasteiger partial charge in [0.1, 0.15) is 18.2 Å². The largest absolute Gasteiger partial charge is 0.492 e. The first-order chi connectivity index (χ1) is 7.63. The quantitative estimate of drug-likeness (QED) is 0.798. The molecule has 90 valence electrons. The number of hydrogen-bond acceptors (Lipinski definition) is 3. The number of ether oxygens (including phenoxy) is 1. The second-order valence-corrected chi connectivity index (χ2v) is 3.96. The Bertz CT molecular complexity index is 300. The molecule has 3 nitrogen and oxygen atoms in total. The van der Waals surface area contributed by atoms with Crippen LogP contribution in [0.1, 0.15) is 6.42 Å².